The standard InChI is InChI=1S/C21H33N5O/c1-15(27)26-13-10-16(11-14-26)7-8-18(22)20-19(23)9-12-24-21(20)25-17-5-3-2-4-6-17/h9,12,16-17,22H,2-8,10-11,13-14H2,1H3,(H3,23,24,25). The van der Waals surface area contributed by atoms with Crippen molar-refractivity contribution in [2.75, 3.05) is 24.1 Å². The monoisotopic (exact) mass is 371 g/mol. The second-order valence-corrected chi connectivity index (χ2v) is 8.07. The second-order valence-electron chi connectivity index (χ2n) is 8.07. The van der Waals surface area contributed by atoms with E-state index >= 15 is 0 Å². The van der Waals surface area contributed by atoms with Gasteiger partial charge < -0.3 is 21.4 Å². The molecule has 1 amide bonds. The zero-order chi connectivity index (χ0) is 19.2. The van der Waals surface area contributed by atoms with Crippen LogP contribution in [0.3, 0.4) is 0 Å². The molecule has 4 N–H and O–H groups in total. The first-order valence-corrected chi connectivity index (χ1v) is 10.4. The summed E-state index contributed by atoms with van der Waals surface area (Å²) in [5.74, 6) is 1.52. The Morgan fingerprint density at radius 3 is 2.63 bits per heavy atom. The van der Waals surface area contributed by atoms with Gasteiger partial charge in [-0.3, -0.25) is 4.79 Å². The molecule has 1 aromatic rings. The smallest absolute Gasteiger partial charge is 0.219 e. The Labute approximate surface area is 162 Å². The summed E-state index contributed by atoms with van der Waals surface area (Å²) in [7, 11) is 0. The maximum atomic E-state index is 11.5. The van der Waals surface area contributed by atoms with Crippen molar-refractivity contribution in [2.24, 2.45) is 5.92 Å². The first-order valence-electron chi connectivity index (χ1n) is 10.4. The van der Waals surface area contributed by atoms with E-state index in [4.69, 9.17) is 11.1 Å². The predicted octanol–water partition coefficient (Wildman–Crippen LogP) is 3.81. The number of likely N-dealkylation sites (tertiary alicyclic amines) is 1. The van der Waals surface area contributed by atoms with Gasteiger partial charge in [0.15, 0.2) is 0 Å². The molecule has 2 fully saturated rings. The molecule has 1 aliphatic heterocycles. The van der Waals surface area contributed by atoms with Crippen LogP contribution in [0.5, 0.6) is 0 Å². The van der Waals surface area contributed by atoms with Crippen LogP contribution >= 0.6 is 0 Å². The van der Waals surface area contributed by atoms with Crippen molar-refractivity contribution in [3.05, 3.63) is 17.8 Å². The van der Waals surface area contributed by atoms with Crippen LogP contribution in [0.1, 0.15) is 70.3 Å². The number of carbonyl (C=O) groups is 1. The van der Waals surface area contributed by atoms with Gasteiger partial charge in [-0.2, -0.15) is 0 Å². The number of hydrogen-bond donors (Lipinski definition) is 3. The molecule has 6 nitrogen and oxygen atoms in total. The first kappa shape index (κ1) is 19.6. The second kappa shape index (κ2) is 9.20. The zero-order valence-electron chi connectivity index (χ0n) is 16.5. The lowest BCUT2D eigenvalue weighted by Gasteiger charge is -2.31. The molecule has 0 unspecified atom stereocenters. The minimum Gasteiger partial charge on any atom is -0.398 e. The SMILES string of the molecule is CC(=O)N1CCC(CCC(=N)c2c(N)ccnc2NC2CCCCC2)CC1. The number of amides is 1. The average molecular weight is 372 g/mol. The number of aromatic nitrogens is 1. The van der Waals surface area contributed by atoms with Crippen LogP contribution in [0.4, 0.5) is 11.5 Å². The molecule has 1 saturated heterocycles. The van der Waals surface area contributed by atoms with Crippen molar-refractivity contribution in [1.29, 1.82) is 5.41 Å². The van der Waals surface area contributed by atoms with Gasteiger partial charge in [0.05, 0.1) is 5.56 Å². The Morgan fingerprint density at radius 2 is 1.96 bits per heavy atom. The van der Waals surface area contributed by atoms with Crippen LogP contribution in [-0.4, -0.2) is 40.6 Å². The van der Waals surface area contributed by atoms with Gasteiger partial charge in [-0.05, 0) is 50.5 Å². The van der Waals surface area contributed by atoms with Gasteiger partial charge in [-0.1, -0.05) is 19.3 Å². The molecule has 0 spiro atoms. The van der Waals surface area contributed by atoms with Gasteiger partial charge in [0.2, 0.25) is 5.91 Å². The van der Waals surface area contributed by atoms with Gasteiger partial charge in [-0.25, -0.2) is 4.98 Å². The van der Waals surface area contributed by atoms with E-state index in [0.717, 1.165) is 56.6 Å². The van der Waals surface area contributed by atoms with Crippen LogP contribution in [0, 0.1) is 11.3 Å². The lowest BCUT2D eigenvalue weighted by atomic mass is 9.89. The topological polar surface area (TPSA) is 95.1 Å². The number of anilines is 2. The minimum absolute atomic E-state index is 0.169. The number of rotatable bonds is 6. The van der Waals surface area contributed by atoms with Crippen molar-refractivity contribution in [2.45, 2.75) is 70.8 Å². The van der Waals surface area contributed by atoms with E-state index in [0.29, 0.717) is 29.8 Å². The fraction of sp³-hybridized carbons (Fsp3) is 0.667. The van der Waals surface area contributed by atoms with Gasteiger partial charge in [0.1, 0.15) is 5.82 Å². The summed E-state index contributed by atoms with van der Waals surface area (Å²) in [6, 6.07) is 2.23. The van der Waals surface area contributed by atoms with E-state index < -0.39 is 0 Å². The van der Waals surface area contributed by atoms with E-state index in [1.165, 1.54) is 19.3 Å². The summed E-state index contributed by atoms with van der Waals surface area (Å²) in [5, 5.41) is 12.2. The molecule has 27 heavy (non-hydrogen) atoms. The molecule has 0 aromatic carbocycles. The van der Waals surface area contributed by atoms with Crippen LogP contribution < -0.4 is 11.1 Å². The number of carbonyl (C=O) groups excluding carboxylic acids is 1. The van der Waals surface area contributed by atoms with Crippen LogP contribution in [0.2, 0.25) is 0 Å². The molecule has 1 saturated carbocycles. The van der Waals surface area contributed by atoms with E-state index in [1.54, 1.807) is 19.2 Å². The summed E-state index contributed by atoms with van der Waals surface area (Å²) in [6.07, 6.45) is 11.6. The van der Waals surface area contributed by atoms with E-state index in [2.05, 4.69) is 10.3 Å². The fourth-order valence-corrected chi connectivity index (χ4v) is 4.35. The van der Waals surface area contributed by atoms with Gasteiger partial charge >= 0.3 is 0 Å². The molecular weight excluding hydrogens is 338 g/mol. The van der Waals surface area contributed by atoms with Crippen LogP contribution in [0.25, 0.3) is 0 Å². The molecule has 0 radical (unpaired) electrons. The number of pyridine rings is 1. The Bertz CT molecular complexity index is 661. The molecule has 2 aliphatic rings. The largest absolute Gasteiger partial charge is 0.398 e. The lowest BCUT2D eigenvalue weighted by molar-refractivity contribution is -0.130. The van der Waals surface area contributed by atoms with E-state index in [1.807, 2.05) is 4.90 Å². The fourth-order valence-electron chi connectivity index (χ4n) is 4.35. The molecule has 3 rings (SSSR count). The highest BCUT2D eigenvalue weighted by molar-refractivity contribution is 6.06. The van der Waals surface area contributed by atoms with E-state index in [-0.39, 0.29) is 5.91 Å². The Morgan fingerprint density at radius 1 is 1.26 bits per heavy atom. The molecular formula is C21H33N5O. The Balaban J connectivity index is 1.58. The summed E-state index contributed by atoms with van der Waals surface area (Å²) in [4.78, 5) is 17.9. The molecule has 1 aromatic heterocycles. The maximum absolute atomic E-state index is 11.5. The summed E-state index contributed by atoms with van der Waals surface area (Å²) in [6.45, 7) is 3.33. The zero-order valence-corrected chi connectivity index (χ0v) is 16.5. The number of piperidine rings is 1. The molecule has 0 atom stereocenters. The Kier molecular flexibility index (Phi) is 6.69. The van der Waals surface area contributed by atoms with Crippen molar-refractivity contribution < 1.29 is 4.79 Å². The highest BCUT2D eigenvalue weighted by atomic mass is 16.2. The van der Waals surface area contributed by atoms with Crippen molar-refractivity contribution in [3.8, 4) is 0 Å². The third-order valence-corrected chi connectivity index (χ3v) is 6.09. The van der Waals surface area contributed by atoms with E-state index in [9.17, 15) is 4.79 Å². The number of hydrogen-bond acceptors (Lipinski definition) is 5. The number of nitrogens with zero attached hydrogens (tertiary/aromatic N) is 2. The van der Waals surface area contributed by atoms with Crippen LogP contribution in [0.15, 0.2) is 12.3 Å². The van der Waals surface area contributed by atoms with Crippen molar-refractivity contribution >= 4 is 23.1 Å². The normalized spacial score (nSPS) is 19.1. The van der Waals surface area contributed by atoms with Gasteiger partial charge in [0.25, 0.3) is 0 Å². The number of nitrogen functional groups attached to an aromatic ring is 1. The Hall–Kier alpha value is -2.11. The van der Waals surface area contributed by atoms with Crippen molar-refractivity contribution in [3.63, 3.8) is 0 Å². The summed E-state index contributed by atoms with van der Waals surface area (Å²) in [5.41, 5.74) is 8.22. The highest BCUT2D eigenvalue weighted by Gasteiger charge is 2.23. The molecule has 0 bridgehead atoms. The highest BCUT2D eigenvalue weighted by Crippen LogP contribution is 2.28. The van der Waals surface area contributed by atoms with Crippen molar-refractivity contribution in [1.82, 2.24) is 9.88 Å². The summed E-state index contributed by atoms with van der Waals surface area (Å²) < 4.78 is 0. The third-order valence-electron chi connectivity index (χ3n) is 6.09. The molecule has 2 heterocycles. The maximum Gasteiger partial charge on any atom is 0.219 e. The van der Waals surface area contributed by atoms with Crippen LogP contribution in [-0.2, 0) is 4.79 Å². The summed E-state index contributed by atoms with van der Waals surface area (Å²) >= 11 is 0. The molecule has 1 aliphatic carbocycles. The average Bonchev–Trinajstić information content (AvgIpc) is 2.67. The quantitative estimate of drug-likeness (QED) is 0.663. The molecule has 148 valence electrons. The minimum atomic E-state index is 0.169. The third kappa shape index (κ3) is 5.21. The number of nitrogens with one attached hydrogen (secondary N) is 2. The predicted molar refractivity (Wildman–Crippen MR) is 110 cm³/mol. The molecule has 6 heteroatoms. The number of nitrogens with two attached hydrogens (primary N) is 1. The van der Waals surface area contributed by atoms with Gasteiger partial charge in [-0.15, -0.1) is 0 Å². The van der Waals surface area contributed by atoms with Gasteiger partial charge in [0, 0.05) is 43.7 Å². The first-order chi connectivity index (χ1) is 13.0. The lowest BCUT2D eigenvalue weighted by Crippen LogP contribution is -2.37.